The van der Waals surface area contributed by atoms with E-state index < -0.39 is 0 Å². The Balaban J connectivity index is 1.85. The van der Waals surface area contributed by atoms with Crippen molar-refractivity contribution < 1.29 is 9.21 Å². The summed E-state index contributed by atoms with van der Waals surface area (Å²) in [4.78, 5) is 21.6. The van der Waals surface area contributed by atoms with Gasteiger partial charge in [0.2, 0.25) is 5.55 Å². The van der Waals surface area contributed by atoms with E-state index in [0.717, 1.165) is 10.9 Å². The lowest BCUT2D eigenvalue weighted by Crippen LogP contribution is -2.22. The molecule has 138 valence electrons. The van der Waals surface area contributed by atoms with E-state index in [0.29, 0.717) is 27.7 Å². The van der Waals surface area contributed by atoms with E-state index in [2.05, 4.69) is 15.3 Å². The lowest BCUT2D eigenvalue weighted by Gasteiger charge is -2.06. The number of fused-ring (bicyclic) bond motifs is 1. The number of para-hydroxylation sites is 1. The molecule has 0 unspecified atom stereocenters. The zero-order valence-electron chi connectivity index (χ0n) is 15.0. The molecular weight excluding hydrogens is 374 g/mol. The minimum Gasteiger partial charge on any atom is -0.438 e. The Labute approximate surface area is 166 Å². The minimum atomic E-state index is -0.349. The van der Waals surface area contributed by atoms with E-state index >= 15 is 0 Å². The minimum absolute atomic E-state index is 0.217. The fraction of sp³-hybridized carbons (Fsp3) is 0.0455. The Kier molecular flexibility index (Phi) is 4.91. The second-order valence-electron chi connectivity index (χ2n) is 6.22. The van der Waals surface area contributed by atoms with Crippen molar-refractivity contribution in [3.63, 3.8) is 0 Å². The smallest absolute Gasteiger partial charge is 0.262 e. The number of hydrogen-bond acceptors (Lipinski definition) is 4. The maximum atomic E-state index is 12.9. The van der Waals surface area contributed by atoms with Gasteiger partial charge in [-0.15, -0.1) is 0 Å². The predicted octanol–water partition coefficient (Wildman–Crippen LogP) is 5.27. The van der Waals surface area contributed by atoms with Crippen LogP contribution in [0.15, 0.2) is 82.3 Å². The maximum absolute atomic E-state index is 12.9. The number of nitrogens with zero attached hydrogens (tertiary/aromatic N) is 2. The van der Waals surface area contributed by atoms with Gasteiger partial charge in [0.05, 0.1) is 5.69 Å². The van der Waals surface area contributed by atoms with Crippen LogP contribution in [0.25, 0.3) is 11.0 Å². The number of carbonyl (C=O) groups is 1. The molecule has 0 aliphatic rings. The molecule has 2 heterocycles. The molecule has 1 N–H and O–H groups in total. The number of amides is 1. The highest BCUT2D eigenvalue weighted by atomic mass is 35.5. The van der Waals surface area contributed by atoms with Gasteiger partial charge in [0.15, 0.2) is 0 Å². The quantitative estimate of drug-likeness (QED) is 0.518. The molecule has 6 heteroatoms. The second-order valence-corrected chi connectivity index (χ2v) is 6.62. The lowest BCUT2D eigenvalue weighted by atomic mass is 10.1. The van der Waals surface area contributed by atoms with Crippen molar-refractivity contribution in [2.75, 3.05) is 5.32 Å². The first-order valence-corrected chi connectivity index (χ1v) is 9.04. The summed E-state index contributed by atoms with van der Waals surface area (Å²) in [5, 5.41) is 4.24. The Morgan fingerprint density at radius 1 is 1.07 bits per heavy atom. The summed E-state index contributed by atoms with van der Waals surface area (Å²) in [5.41, 5.74) is 2.71. The van der Waals surface area contributed by atoms with Gasteiger partial charge >= 0.3 is 0 Å². The van der Waals surface area contributed by atoms with Crippen molar-refractivity contribution in [3.8, 4) is 0 Å². The molecule has 2 aromatic carbocycles. The molecule has 2 aromatic heterocycles. The zero-order valence-corrected chi connectivity index (χ0v) is 15.8. The van der Waals surface area contributed by atoms with Crippen molar-refractivity contribution in [2.45, 2.75) is 6.92 Å². The first-order chi connectivity index (χ1) is 13.6. The topological polar surface area (TPSA) is 67.5 Å². The molecule has 0 radical (unpaired) electrons. The second kappa shape index (κ2) is 7.66. The van der Waals surface area contributed by atoms with Crippen LogP contribution in [0.4, 0.5) is 11.5 Å². The molecule has 5 nitrogen and oxygen atoms in total. The predicted molar refractivity (Wildman–Crippen MR) is 110 cm³/mol. The van der Waals surface area contributed by atoms with E-state index in [1.54, 1.807) is 42.6 Å². The molecule has 1 amide bonds. The van der Waals surface area contributed by atoms with Gasteiger partial charge in [-0.3, -0.25) is 4.79 Å². The number of pyridine rings is 1. The van der Waals surface area contributed by atoms with Crippen LogP contribution >= 0.6 is 11.6 Å². The number of aromatic nitrogens is 1. The normalized spacial score (nSPS) is 11.6. The van der Waals surface area contributed by atoms with Crippen LogP contribution in [0.1, 0.15) is 15.9 Å². The van der Waals surface area contributed by atoms with Crippen LogP contribution in [-0.4, -0.2) is 10.9 Å². The van der Waals surface area contributed by atoms with Gasteiger partial charge in [0.25, 0.3) is 5.91 Å². The first-order valence-electron chi connectivity index (χ1n) is 8.66. The summed E-state index contributed by atoms with van der Waals surface area (Å²) in [6.07, 6.45) is 1.61. The van der Waals surface area contributed by atoms with Gasteiger partial charge in [-0.1, -0.05) is 35.9 Å². The number of hydrogen-bond donors (Lipinski definition) is 1. The average molecular weight is 390 g/mol. The van der Waals surface area contributed by atoms with Gasteiger partial charge < -0.3 is 9.73 Å². The highest BCUT2D eigenvalue weighted by Crippen LogP contribution is 2.21. The largest absolute Gasteiger partial charge is 0.438 e. The molecule has 4 aromatic rings. The molecule has 0 atom stereocenters. The zero-order chi connectivity index (χ0) is 19.5. The highest BCUT2D eigenvalue weighted by Gasteiger charge is 2.13. The van der Waals surface area contributed by atoms with Gasteiger partial charge in [-0.2, -0.15) is 0 Å². The molecule has 0 aliphatic heterocycles. The molecule has 0 saturated heterocycles. The van der Waals surface area contributed by atoms with Crippen molar-refractivity contribution in [1.82, 2.24) is 4.98 Å². The van der Waals surface area contributed by atoms with Crippen LogP contribution in [0.2, 0.25) is 5.02 Å². The highest BCUT2D eigenvalue weighted by molar-refractivity contribution is 6.31. The lowest BCUT2D eigenvalue weighted by molar-refractivity contribution is 0.102. The van der Waals surface area contributed by atoms with Gasteiger partial charge in [-0.25, -0.2) is 9.98 Å². The number of nitrogens with one attached hydrogen (secondary N) is 1. The monoisotopic (exact) mass is 389 g/mol. The number of benzene rings is 2. The molecular formula is C22H16ClN3O2. The van der Waals surface area contributed by atoms with Gasteiger partial charge in [0.1, 0.15) is 17.0 Å². The molecule has 0 bridgehead atoms. The summed E-state index contributed by atoms with van der Waals surface area (Å²) in [7, 11) is 0. The Bertz CT molecular complexity index is 1230. The summed E-state index contributed by atoms with van der Waals surface area (Å²) in [6, 6.07) is 19.9. The molecule has 0 aliphatic carbocycles. The third kappa shape index (κ3) is 3.80. The van der Waals surface area contributed by atoms with Crippen molar-refractivity contribution in [1.29, 1.82) is 0 Å². The number of halogens is 1. The van der Waals surface area contributed by atoms with E-state index in [-0.39, 0.29) is 11.5 Å². The third-order valence-corrected chi connectivity index (χ3v) is 4.60. The first kappa shape index (κ1) is 17.9. The summed E-state index contributed by atoms with van der Waals surface area (Å²) in [6.45, 7) is 1.90. The SMILES string of the molecule is Cc1cc(N=c2oc3ccccc3cc2C(=O)Nc2ccccn2)ccc1Cl. The van der Waals surface area contributed by atoms with E-state index in [1.165, 1.54) is 0 Å². The molecule has 0 spiro atoms. The number of anilines is 1. The summed E-state index contributed by atoms with van der Waals surface area (Å²) in [5.74, 6) is 0.103. The van der Waals surface area contributed by atoms with E-state index in [1.807, 2.05) is 37.3 Å². The van der Waals surface area contributed by atoms with E-state index in [9.17, 15) is 4.79 Å². The molecule has 28 heavy (non-hydrogen) atoms. The maximum Gasteiger partial charge on any atom is 0.262 e. The van der Waals surface area contributed by atoms with Gasteiger partial charge in [0, 0.05) is 16.6 Å². The van der Waals surface area contributed by atoms with Crippen LogP contribution in [-0.2, 0) is 0 Å². The Hall–Kier alpha value is -3.44. The molecule has 0 fully saturated rings. The average Bonchev–Trinajstić information content (AvgIpc) is 2.71. The Morgan fingerprint density at radius 2 is 1.89 bits per heavy atom. The van der Waals surface area contributed by atoms with Gasteiger partial charge in [-0.05, 0) is 55.0 Å². The van der Waals surface area contributed by atoms with Crippen LogP contribution in [0, 0.1) is 6.92 Å². The van der Waals surface area contributed by atoms with Crippen LogP contribution in [0.5, 0.6) is 0 Å². The third-order valence-electron chi connectivity index (χ3n) is 4.18. The summed E-state index contributed by atoms with van der Waals surface area (Å²) >= 11 is 6.10. The molecule has 0 saturated carbocycles. The number of carbonyl (C=O) groups excluding carboxylic acids is 1. The fourth-order valence-electron chi connectivity index (χ4n) is 2.75. The number of aryl methyl sites for hydroxylation is 1. The van der Waals surface area contributed by atoms with E-state index in [4.69, 9.17) is 16.0 Å². The van der Waals surface area contributed by atoms with Crippen molar-refractivity contribution in [2.24, 2.45) is 4.99 Å². The van der Waals surface area contributed by atoms with Crippen molar-refractivity contribution >= 4 is 40.0 Å². The van der Waals surface area contributed by atoms with Crippen LogP contribution < -0.4 is 10.9 Å². The Morgan fingerprint density at radius 3 is 2.68 bits per heavy atom. The summed E-state index contributed by atoms with van der Waals surface area (Å²) < 4.78 is 5.94. The van der Waals surface area contributed by atoms with Crippen LogP contribution in [0.3, 0.4) is 0 Å². The standard InChI is InChI=1S/C22H16ClN3O2/c1-14-12-16(9-10-18(14)23)25-22-17(13-15-6-2-3-7-19(15)28-22)21(27)26-20-8-4-5-11-24-20/h2-13H,1H3,(H,24,26,27). The van der Waals surface area contributed by atoms with Crippen molar-refractivity contribution in [3.05, 3.63) is 94.6 Å². The molecule has 4 rings (SSSR count). The number of rotatable bonds is 3. The fourth-order valence-corrected chi connectivity index (χ4v) is 2.87.